The van der Waals surface area contributed by atoms with E-state index in [2.05, 4.69) is 215 Å². The van der Waals surface area contributed by atoms with Crippen LogP contribution in [0, 0.1) is 11.3 Å². The molecule has 0 amide bonds. The van der Waals surface area contributed by atoms with Gasteiger partial charge in [-0.3, -0.25) is 0 Å². The largest absolute Gasteiger partial charge is 0.453 e. The maximum absolute atomic E-state index is 11.7. The second-order valence-corrected chi connectivity index (χ2v) is 21.0. The van der Waals surface area contributed by atoms with Gasteiger partial charge in [0.2, 0.25) is 0 Å². The van der Waals surface area contributed by atoms with Gasteiger partial charge in [-0.2, -0.15) is 5.26 Å². The molecule has 7 nitrogen and oxygen atoms in total. The number of hydrogen-bond acceptors (Lipinski definition) is 5. The molecule has 12 aromatic carbocycles. The number of para-hydroxylation sites is 1. The highest BCUT2D eigenvalue weighted by Gasteiger charge is 2.29. The average molecular weight is 1060 g/mol. The van der Waals surface area contributed by atoms with Crippen molar-refractivity contribution >= 4 is 65.6 Å². The van der Waals surface area contributed by atoms with Crippen LogP contribution in [0.15, 0.2) is 283 Å². The van der Waals surface area contributed by atoms with E-state index in [1.165, 1.54) is 0 Å². The molecule has 0 saturated carbocycles. The van der Waals surface area contributed by atoms with Gasteiger partial charge in [-0.1, -0.05) is 218 Å². The molecule has 0 atom stereocenters. The Hall–Kier alpha value is -11.5. The van der Waals surface area contributed by atoms with Gasteiger partial charge in [-0.15, -0.1) is 0 Å². The molecule has 0 fully saturated rings. The number of fused-ring (bicyclic) bond motifs is 9. The van der Waals surface area contributed by atoms with Gasteiger partial charge in [0.05, 0.1) is 45.0 Å². The number of rotatable bonds is 9. The molecule has 0 spiro atoms. The van der Waals surface area contributed by atoms with E-state index >= 15 is 0 Å². The predicted molar refractivity (Wildman–Crippen MR) is 339 cm³/mol. The van der Waals surface area contributed by atoms with E-state index in [1.807, 2.05) is 78.9 Å². The maximum Gasteiger partial charge on any atom is 0.167 e. The topological polar surface area (TPSA) is 85.5 Å². The molecule has 0 aliphatic heterocycles. The second-order valence-electron chi connectivity index (χ2n) is 21.0. The van der Waals surface area contributed by atoms with Gasteiger partial charge < -0.3 is 13.6 Å². The summed E-state index contributed by atoms with van der Waals surface area (Å²) in [5, 5.41) is 17.5. The Bertz CT molecular complexity index is 4990. The van der Waals surface area contributed by atoms with Crippen LogP contribution in [-0.4, -0.2) is 24.1 Å². The Morgan fingerprint density at radius 3 is 1.05 bits per heavy atom. The van der Waals surface area contributed by atoms with Crippen molar-refractivity contribution in [3.63, 3.8) is 0 Å². The summed E-state index contributed by atoms with van der Waals surface area (Å²) >= 11 is 0. The molecule has 0 saturated heterocycles. The summed E-state index contributed by atoms with van der Waals surface area (Å²) in [6.07, 6.45) is 0. The number of furan rings is 1. The first kappa shape index (κ1) is 47.5. The van der Waals surface area contributed by atoms with Crippen LogP contribution in [0.1, 0.15) is 5.56 Å². The van der Waals surface area contributed by atoms with Crippen LogP contribution >= 0.6 is 0 Å². The predicted octanol–water partition coefficient (Wildman–Crippen LogP) is 19.5. The Kier molecular flexibility index (Phi) is 11.1. The van der Waals surface area contributed by atoms with Crippen molar-refractivity contribution in [2.24, 2.45) is 0 Å². The molecule has 4 aromatic heterocycles. The average Bonchev–Trinajstić information content (AvgIpc) is 1.91. The third kappa shape index (κ3) is 7.92. The van der Waals surface area contributed by atoms with Gasteiger partial charge in [-0.25, -0.2) is 15.0 Å². The molecule has 0 unspecified atom stereocenters. The third-order valence-electron chi connectivity index (χ3n) is 16.2. The summed E-state index contributed by atoms with van der Waals surface area (Å²) in [6, 6.07) is 100. The second kappa shape index (κ2) is 19.4. The van der Waals surface area contributed by atoms with E-state index in [0.717, 1.165) is 116 Å². The molecule has 0 aliphatic rings. The van der Waals surface area contributed by atoms with Crippen LogP contribution in [0.4, 0.5) is 0 Å². The van der Waals surface area contributed by atoms with Gasteiger partial charge >= 0.3 is 0 Å². The highest BCUT2D eigenvalue weighted by molar-refractivity contribution is 6.19. The zero-order chi connectivity index (χ0) is 55.0. The van der Waals surface area contributed by atoms with Gasteiger partial charge in [-0.05, 0) is 105 Å². The normalized spacial score (nSPS) is 11.6. The monoisotopic (exact) mass is 1060 g/mol. The van der Waals surface area contributed by atoms with Crippen LogP contribution in [0.25, 0.3) is 156 Å². The fourth-order valence-corrected chi connectivity index (χ4v) is 12.3. The lowest BCUT2D eigenvalue weighted by atomic mass is 10.0. The third-order valence-corrected chi connectivity index (χ3v) is 16.2. The lowest BCUT2D eigenvalue weighted by Gasteiger charge is -2.18. The standard InChI is InChI=1S/C76H46N6O/c77-47-58-46-69(81-65-38-34-54(48-20-7-1-8-21-48)42-61(65)62-43-55(35-39-66(62)81)49-22-9-2-10-23-49)71(82-67-40-36-56(50-24-11-3-12-25-50)44-63(67)64-45-57(37-41-68(64)82)51-26-13-4-14-27-51)73-70(58)59-32-19-33-60(72(59)83-73)76-79-74(52-28-15-5-16-29-52)78-75(80-76)53-30-17-6-18-31-53/h1-46H. The molecule has 0 N–H and O–H groups in total. The number of benzene rings is 12. The molecule has 4 heterocycles. The molecule has 0 bridgehead atoms. The minimum atomic E-state index is 0.451. The quantitative estimate of drug-likeness (QED) is 0.144. The molecule has 16 aromatic rings. The Morgan fingerprint density at radius 2 is 0.663 bits per heavy atom. The van der Waals surface area contributed by atoms with Crippen molar-refractivity contribution in [2.45, 2.75) is 0 Å². The van der Waals surface area contributed by atoms with Gasteiger partial charge in [0.25, 0.3) is 0 Å². The van der Waals surface area contributed by atoms with E-state index in [0.29, 0.717) is 45.2 Å². The first-order valence-electron chi connectivity index (χ1n) is 27.8. The molecular formula is C76H46N6O. The number of nitriles is 1. The smallest absolute Gasteiger partial charge is 0.167 e. The van der Waals surface area contributed by atoms with E-state index < -0.39 is 0 Å². The molecular weight excluding hydrogens is 1010 g/mol. The van der Waals surface area contributed by atoms with Crippen LogP contribution in [0.5, 0.6) is 0 Å². The first-order valence-corrected chi connectivity index (χ1v) is 27.8. The van der Waals surface area contributed by atoms with Crippen LogP contribution < -0.4 is 0 Å². The van der Waals surface area contributed by atoms with Crippen molar-refractivity contribution in [1.82, 2.24) is 24.1 Å². The number of hydrogen-bond donors (Lipinski definition) is 0. The minimum Gasteiger partial charge on any atom is -0.453 e. The zero-order valence-electron chi connectivity index (χ0n) is 44.6. The van der Waals surface area contributed by atoms with E-state index in [9.17, 15) is 5.26 Å². The van der Waals surface area contributed by atoms with Crippen LogP contribution in [0.2, 0.25) is 0 Å². The molecule has 16 rings (SSSR count). The van der Waals surface area contributed by atoms with Crippen molar-refractivity contribution in [2.75, 3.05) is 0 Å². The van der Waals surface area contributed by atoms with Crippen molar-refractivity contribution in [3.05, 3.63) is 285 Å². The number of aromatic nitrogens is 5. The first-order chi connectivity index (χ1) is 41.1. The van der Waals surface area contributed by atoms with E-state index in [4.69, 9.17) is 19.4 Å². The van der Waals surface area contributed by atoms with Crippen LogP contribution in [-0.2, 0) is 0 Å². The highest BCUT2D eigenvalue weighted by Crippen LogP contribution is 2.48. The maximum atomic E-state index is 11.7. The summed E-state index contributed by atoms with van der Waals surface area (Å²) in [6.45, 7) is 0. The fourth-order valence-electron chi connectivity index (χ4n) is 12.3. The Morgan fingerprint density at radius 1 is 0.301 bits per heavy atom. The lowest BCUT2D eigenvalue weighted by molar-refractivity contribution is 0.666. The van der Waals surface area contributed by atoms with Gasteiger partial charge in [0, 0.05) is 43.4 Å². The summed E-state index contributed by atoms with van der Waals surface area (Å²) < 4.78 is 12.4. The van der Waals surface area contributed by atoms with Crippen molar-refractivity contribution < 1.29 is 4.42 Å². The SMILES string of the molecule is N#Cc1cc(-n2c3ccc(-c4ccccc4)cc3c3cc(-c4ccccc4)ccc32)c(-n2c3ccc(-c4ccccc4)cc3c3cc(-c4ccccc4)ccc32)c2oc3c(-c4nc(-c5ccccc5)nc(-c5ccccc5)n4)cccc3c12. The van der Waals surface area contributed by atoms with Crippen LogP contribution in [0.3, 0.4) is 0 Å². The Balaban J connectivity index is 1.05. The lowest BCUT2D eigenvalue weighted by Crippen LogP contribution is -2.05. The summed E-state index contributed by atoms with van der Waals surface area (Å²) in [4.78, 5) is 15.5. The van der Waals surface area contributed by atoms with Gasteiger partial charge in [0.1, 0.15) is 11.3 Å². The molecule has 0 aliphatic carbocycles. The zero-order valence-corrected chi connectivity index (χ0v) is 44.6. The minimum absolute atomic E-state index is 0.451. The molecule has 83 heavy (non-hydrogen) atoms. The molecule has 7 heteroatoms. The van der Waals surface area contributed by atoms with Gasteiger partial charge in [0.15, 0.2) is 23.1 Å². The highest BCUT2D eigenvalue weighted by atomic mass is 16.3. The fraction of sp³-hybridized carbons (Fsp3) is 0. The van der Waals surface area contributed by atoms with Crippen molar-refractivity contribution in [3.8, 4) is 96.1 Å². The van der Waals surface area contributed by atoms with Crippen molar-refractivity contribution in [1.29, 1.82) is 5.26 Å². The Labute approximate surface area is 477 Å². The summed E-state index contributed by atoms with van der Waals surface area (Å²) in [5.74, 6) is 1.53. The summed E-state index contributed by atoms with van der Waals surface area (Å²) in [7, 11) is 0. The molecule has 0 radical (unpaired) electrons. The van der Waals surface area contributed by atoms with E-state index in [-0.39, 0.29) is 0 Å². The molecule has 386 valence electrons. The number of nitrogens with zero attached hydrogens (tertiary/aromatic N) is 6. The van der Waals surface area contributed by atoms with E-state index in [1.54, 1.807) is 0 Å². The summed E-state index contributed by atoms with van der Waals surface area (Å²) in [5.41, 5.74) is 18.4.